The van der Waals surface area contributed by atoms with Crippen molar-refractivity contribution < 1.29 is 19.4 Å². The zero-order valence-electron chi connectivity index (χ0n) is 9.96. The van der Waals surface area contributed by atoms with E-state index in [-0.39, 0.29) is 17.9 Å². The molecule has 0 aromatic heterocycles. The molecule has 0 amide bonds. The number of aryl methyl sites for hydroxylation is 2. The highest BCUT2D eigenvalue weighted by atomic mass is 16.5. The van der Waals surface area contributed by atoms with Gasteiger partial charge in [-0.2, -0.15) is 0 Å². The van der Waals surface area contributed by atoms with E-state index < -0.39 is 5.97 Å². The fourth-order valence-corrected chi connectivity index (χ4v) is 1.67. The molecular formula is C12H16O4. The van der Waals surface area contributed by atoms with Crippen molar-refractivity contribution in [2.45, 2.75) is 20.8 Å². The van der Waals surface area contributed by atoms with Crippen molar-refractivity contribution in [3.63, 3.8) is 0 Å². The third kappa shape index (κ3) is 2.10. The number of aromatic hydroxyl groups is 1. The summed E-state index contributed by atoms with van der Waals surface area (Å²) in [5, 5.41) is 9.92. The number of esters is 1. The van der Waals surface area contributed by atoms with E-state index in [1.54, 1.807) is 26.8 Å². The molecule has 0 aliphatic heterocycles. The van der Waals surface area contributed by atoms with Crippen LogP contribution in [0.3, 0.4) is 0 Å². The number of hydrogen-bond donors (Lipinski definition) is 1. The molecule has 4 nitrogen and oxygen atoms in total. The van der Waals surface area contributed by atoms with Gasteiger partial charge in [-0.1, -0.05) is 6.07 Å². The van der Waals surface area contributed by atoms with Gasteiger partial charge in [0.25, 0.3) is 0 Å². The summed E-state index contributed by atoms with van der Waals surface area (Å²) in [5.74, 6) is -0.372. The minimum Gasteiger partial charge on any atom is -0.504 e. The van der Waals surface area contributed by atoms with Crippen molar-refractivity contribution in [1.82, 2.24) is 0 Å². The Bertz CT molecular complexity index is 410. The van der Waals surface area contributed by atoms with Crippen LogP contribution in [-0.2, 0) is 4.74 Å². The Morgan fingerprint density at radius 2 is 2.00 bits per heavy atom. The van der Waals surface area contributed by atoms with E-state index in [1.165, 1.54) is 7.11 Å². The first kappa shape index (κ1) is 12.4. The van der Waals surface area contributed by atoms with Gasteiger partial charge >= 0.3 is 5.97 Å². The topological polar surface area (TPSA) is 55.8 Å². The number of phenolic OH excluding ortho intramolecular Hbond substituents is 1. The van der Waals surface area contributed by atoms with Crippen LogP contribution in [0, 0.1) is 13.8 Å². The van der Waals surface area contributed by atoms with Crippen LogP contribution in [0.1, 0.15) is 28.4 Å². The molecule has 1 N–H and O–H groups in total. The number of phenols is 1. The molecule has 0 unspecified atom stereocenters. The Kier molecular flexibility index (Phi) is 3.77. The largest absolute Gasteiger partial charge is 0.504 e. The van der Waals surface area contributed by atoms with E-state index in [9.17, 15) is 9.90 Å². The van der Waals surface area contributed by atoms with Crippen LogP contribution in [0.25, 0.3) is 0 Å². The maximum Gasteiger partial charge on any atom is 0.342 e. The maximum absolute atomic E-state index is 11.6. The molecule has 1 aromatic rings. The fraction of sp³-hybridized carbons (Fsp3) is 0.417. The zero-order valence-corrected chi connectivity index (χ0v) is 9.96. The molecule has 0 atom stereocenters. The quantitative estimate of drug-likeness (QED) is 0.799. The summed E-state index contributed by atoms with van der Waals surface area (Å²) in [6.07, 6.45) is 0. The predicted molar refractivity (Wildman–Crippen MR) is 60.1 cm³/mol. The Hall–Kier alpha value is -1.71. The second-order valence-electron chi connectivity index (χ2n) is 3.49. The van der Waals surface area contributed by atoms with Crippen molar-refractivity contribution in [3.8, 4) is 11.5 Å². The highest BCUT2D eigenvalue weighted by Gasteiger charge is 2.20. The Morgan fingerprint density at radius 1 is 1.38 bits per heavy atom. The van der Waals surface area contributed by atoms with E-state index in [1.807, 2.05) is 0 Å². The monoisotopic (exact) mass is 224 g/mol. The van der Waals surface area contributed by atoms with Gasteiger partial charge in [-0.25, -0.2) is 4.79 Å². The van der Waals surface area contributed by atoms with E-state index >= 15 is 0 Å². The smallest absolute Gasteiger partial charge is 0.342 e. The lowest BCUT2D eigenvalue weighted by atomic mass is 10.0. The van der Waals surface area contributed by atoms with Gasteiger partial charge in [0.2, 0.25) is 0 Å². The lowest BCUT2D eigenvalue weighted by molar-refractivity contribution is 0.0521. The number of rotatable bonds is 3. The van der Waals surface area contributed by atoms with Crippen molar-refractivity contribution in [1.29, 1.82) is 0 Å². The second kappa shape index (κ2) is 4.88. The van der Waals surface area contributed by atoms with E-state index in [0.29, 0.717) is 11.3 Å². The lowest BCUT2D eigenvalue weighted by Crippen LogP contribution is -2.08. The first-order valence-corrected chi connectivity index (χ1v) is 5.07. The van der Waals surface area contributed by atoms with E-state index in [2.05, 4.69) is 0 Å². The van der Waals surface area contributed by atoms with Gasteiger partial charge < -0.3 is 14.6 Å². The summed E-state index contributed by atoms with van der Waals surface area (Å²) in [6.45, 7) is 5.54. The van der Waals surface area contributed by atoms with Crippen LogP contribution in [-0.4, -0.2) is 24.8 Å². The van der Waals surface area contributed by atoms with Gasteiger partial charge in [-0.05, 0) is 31.9 Å². The molecule has 4 heteroatoms. The minimum atomic E-state index is -0.532. The van der Waals surface area contributed by atoms with Gasteiger partial charge in [0.05, 0.1) is 13.7 Å². The molecule has 1 rings (SSSR count). The molecule has 0 bridgehead atoms. The van der Waals surface area contributed by atoms with Crippen molar-refractivity contribution in [3.05, 3.63) is 22.8 Å². The van der Waals surface area contributed by atoms with Crippen molar-refractivity contribution in [2.75, 3.05) is 13.7 Å². The predicted octanol–water partition coefficient (Wildman–Crippen LogP) is 2.19. The standard InChI is InChI=1S/C12H16O4/c1-5-16-12(14)9-7(2)6-8(3)11(15-4)10(9)13/h6,13H,5H2,1-4H3. The molecule has 0 spiro atoms. The molecule has 1 aromatic carbocycles. The van der Waals surface area contributed by atoms with Gasteiger partial charge in [0.15, 0.2) is 11.5 Å². The lowest BCUT2D eigenvalue weighted by Gasteiger charge is -2.13. The Morgan fingerprint density at radius 3 is 2.50 bits per heavy atom. The van der Waals surface area contributed by atoms with Crippen LogP contribution >= 0.6 is 0 Å². The number of benzene rings is 1. The summed E-state index contributed by atoms with van der Waals surface area (Å²) >= 11 is 0. The molecule has 0 saturated heterocycles. The summed E-state index contributed by atoms with van der Waals surface area (Å²) in [7, 11) is 1.45. The average Bonchev–Trinajstić information content (AvgIpc) is 2.17. The van der Waals surface area contributed by atoms with Crippen molar-refractivity contribution in [2.24, 2.45) is 0 Å². The number of ether oxygens (including phenoxy) is 2. The molecule has 16 heavy (non-hydrogen) atoms. The second-order valence-corrected chi connectivity index (χ2v) is 3.49. The number of carbonyl (C=O) groups excluding carboxylic acids is 1. The van der Waals surface area contributed by atoms with Crippen LogP contribution < -0.4 is 4.74 Å². The molecule has 0 aliphatic carbocycles. The van der Waals surface area contributed by atoms with Crippen LogP contribution in [0.15, 0.2) is 6.07 Å². The number of carbonyl (C=O) groups is 1. The number of hydrogen-bond acceptors (Lipinski definition) is 4. The third-order valence-corrected chi connectivity index (χ3v) is 2.32. The van der Waals surface area contributed by atoms with Crippen molar-refractivity contribution >= 4 is 5.97 Å². The maximum atomic E-state index is 11.6. The van der Waals surface area contributed by atoms with Gasteiger partial charge in [0, 0.05) is 0 Å². The summed E-state index contributed by atoms with van der Waals surface area (Å²) in [5.41, 5.74) is 1.63. The fourth-order valence-electron chi connectivity index (χ4n) is 1.67. The highest BCUT2D eigenvalue weighted by molar-refractivity contribution is 5.95. The molecule has 0 fully saturated rings. The molecule has 0 radical (unpaired) electrons. The Labute approximate surface area is 94.8 Å². The molecule has 88 valence electrons. The molecule has 0 aliphatic rings. The van der Waals surface area contributed by atoms with Gasteiger partial charge in [0.1, 0.15) is 5.56 Å². The SMILES string of the molecule is CCOC(=O)c1c(C)cc(C)c(OC)c1O. The van der Waals surface area contributed by atoms with Crippen LogP contribution in [0.4, 0.5) is 0 Å². The first-order chi connectivity index (χ1) is 7.52. The average molecular weight is 224 g/mol. The zero-order chi connectivity index (χ0) is 12.3. The summed E-state index contributed by atoms with van der Waals surface area (Å²) in [6, 6.07) is 1.78. The van der Waals surface area contributed by atoms with Crippen LogP contribution in [0.5, 0.6) is 11.5 Å². The highest BCUT2D eigenvalue weighted by Crippen LogP contribution is 2.35. The minimum absolute atomic E-state index is 0.154. The van der Waals surface area contributed by atoms with Crippen LogP contribution in [0.2, 0.25) is 0 Å². The van der Waals surface area contributed by atoms with Gasteiger partial charge in [-0.3, -0.25) is 0 Å². The molecular weight excluding hydrogens is 208 g/mol. The molecule has 0 heterocycles. The van der Waals surface area contributed by atoms with Gasteiger partial charge in [-0.15, -0.1) is 0 Å². The van der Waals surface area contributed by atoms with E-state index in [4.69, 9.17) is 9.47 Å². The Balaban J connectivity index is 3.33. The first-order valence-electron chi connectivity index (χ1n) is 5.07. The third-order valence-electron chi connectivity index (χ3n) is 2.32. The normalized spacial score (nSPS) is 10.0. The van der Waals surface area contributed by atoms with E-state index in [0.717, 1.165) is 5.56 Å². The number of methoxy groups -OCH3 is 1. The summed E-state index contributed by atoms with van der Waals surface area (Å²) in [4.78, 5) is 11.6. The molecule has 0 saturated carbocycles. The summed E-state index contributed by atoms with van der Waals surface area (Å²) < 4.78 is 9.92.